The third-order valence-electron chi connectivity index (χ3n) is 4.02. The summed E-state index contributed by atoms with van der Waals surface area (Å²) in [6, 6.07) is 7.52. The second-order valence-electron chi connectivity index (χ2n) is 6.00. The Kier molecular flexibility index (Phi) is 4.55. The van der Waals surface area contributed by atoms with E-state index in [1.165, 1.54) is 0 Å². The number of rotatable bonds is 4. The number of hydrogen-bond acceptors (Lipinski definition) is 2. The van der Waals surface area contributed by atoms with Crippen molar-refractivity contribution in [2.45, 2.75) is 34.1 Å². The van der Waals surface area contributed by atoms with Crippen LogP contribution in [-0.4, -0.2) is 22.2 Å². The molecule has 2 aromatic rings. The van der Waals surface area contributed by atoms with Crippen LogP contribution in [0.4, 0.5) is 0 Å². The highest BCUT2D eigenvalue weighted by Gasteiger charge is 2.14. The number of carboxylic acids is 2. The first kappa shape index (κ1) is 16.7. The fourth-order valence-corrected chi connectivity index (χ4v) is 3.22. The Bertz CT molecular complexity index is 690. The Hall–Kier alpha value is -2.62. The van der Waals surface area contributed by atoms with Crippen molar-refractivity contribution in [2.24, 2.45) is 0 Å². The van der Waals surface area contributed by atoms with Crippen LogP contribution in [0.5, 0.6) is 0 Å². The molecule has 0 atom stereocenters. The van der Waals surface area contributed by atoms with Crippen molar-refractivity contribution in [2.75, 3.05) is 0 Å². The zero-order valence-corrected chi connectivity index (χ0v) is 13.7. The zero-order valence-electron chi connectivity index (χ0n) is 13.7. The first-order valence-electron chi connectivity index (χ1n) is 7.37. The SMILES string of the molecule is Cc1cc(Cc2cc(C)c(C(=O)O)c(C)c2)cc(C)c1C(=O)O. The van der Waals surface area contributed by atoms with E-state index in [0.717, 1.165) is 33.4 Å². The van der Waals surface area contributed by atoms with Gasteiger partial charge in [-0.25, -0.2) is 9.59 Å². The summed E-state index contributed by atoms with van der Waals surface area (Å²) in [6.45, 7) is 7.18. The van der Waals surface area contributed by atoms with Gasteiger partial charge in [-0.2, -0.15) is 0 Å². The fraction of sp³-hybridized carbons (Fsp3) is 0.263. The van der Waals surface area contributed by atoms with Crippen molar-refractivity contribution in [3.8, 4) is 0 Å². The molecule has 0 aromatic heterocycles. The Morgan fingerprint density at radius 3 is 1.17 bits per heavy atom. The molecule has 0 fully saturated rings. The van der Waals surface area contributed by atoms with Crippen LogP contribution < -0.4 is 0 Å². The third-order valence-corrected chi connectivity index (χ3v) is 4.02. The molecule has 0 saturated carbocycles. The molecule has 0 heterocycles. The molecule has 0 saturated heterocycles. The van der Waals surface area contributed by atoms with E-state index in [1.807, 2.05) is 24.3 Å². The largest absolute Gasteiger partial charge is 0.478 e. The molecular weight excluding hydrogens is 292 g/mol. The van der Waals surface area contributed by atoms with Gasteiger partial charge >= 0.3 is 11.9 Å². The molecule has 0 bridgehead atoms. The second kappa shape index (κ2) is 6.24. The molecule has 0 spiro atoms. The lowest BCUT2D eigenvalue weighted by Crippen LogP contribution is -2.06. The van der Waals surface area contributed by atoms with E-state index in [4.69, 9.17) is 0 Å². The first-order valence-corrected chi connectivity index (χ1v) is 7.37. The topological polar surface area (TPSA) is 74.6 Å². The van der Waals surface area contributed by atoms with Gasteiger partial charge in [0.2, 0.25) is 0 Å². The number of hydrogen-bond donors (Lipinski definition) is 2. The van der Waals surface area contributed by atoms with Crippen LogP contribution in [0.25, 0.3) is 0 Å². The van der Waals surface area contributed by atoms with Gasteiger partial charge in [0.25, 0.3) is 0 Å². The molecule has 0 aliphatic carbocycles. The molecule has 2 N–H and O–H groups in total. The van der Waals surface area contributed by atoms with E-state index in [1.54, 1.807) is 27.7 Å². The predicted molar refractivity (Wildman–Crippen MR) is 88.6 cm³/mol. The van der Waals surface area contributed by atoms with Crippen LogP contribution in [0, 0.1) is 27.7 Å². The molecule has 2 aromatic carbocycles. The summed E-state index contributed by atoms with van der Waals surface area (Å²) in [7, 11) is 0. The van der Waals surface area contributed by atoms with E-state index < -0.39 is 11.9 Å². The standard InChI is InChI=1S/C19H20O4/c1-10-5-14(6-11(2)16(10)18(20)21)9-15-7-12(3)17(19(22)23)13(4)8-15/h5-8H,9H2,1-4H3,(H,20,21)(H,22,23). The van der Waals surface area contributed by atoms with E-state index in [0.29, 0.717) is 17.5 Å². The fourth-order valence-electron chi connectivity index (χ4n) is 3.22. The van der Waals surface area contributed by atoms with Crippen LogP contribution in [0.2, 0.25) is 0 Å². The summed E-state index contributed by atoms with van der Waals surface area (Å²) in [5.74, 6) is -1.83. The maximum atomic E-state index is 11.2. The van der Waals surface area contributed by atoms with Crippen LogP contribution in [0.3, 0.4) is 0 Å². The van der Waals surface area contributed by atoms with Crippen molar-refractivity contribution in [3.05, 3.63) is 68.8 Å². The molecular formula is C19H20O4. The Balaban J connectivity index is 2.41. The molecule has 0 aliphatic rings. The predicted octanol–water partition coefficient (Wildman–Crippen LogP) is 3.91. The molecule has 0 amide bonds. The highest BCUT2D eigenvalue weighted by Crippen LogP contribution is 2.22. The van der Waals surface area contributed by atoms with Gasteiger partial charge in [-0.05, 0) is 67.5 Å². The minimum Gasteiger partial charge on any atom is -0.478 e. The summed E-state index contributed by atoms with van der Waals surface area (Å²) >= 11 is 0. The van der Waals surface area contributed by atoms with E-state index in [2.05, 4.69) is 0 Å². The Labute approximate surface area is 135 Å². The second-order valence-corrected chi connectivity index (χ2v) is 6.00. The maximum absolute atomic E-state index is 11.2. The Morgan fingerprint density at radius 2 is 0.957 bits per heavy atom. The molecule has 0 unspecified atom stereocenters. The molecule has 4 heteroatoms. The zero-order chi connectivity index (χ0) is 17.3. The van der Waals surface area contributed by atoms with Crippen LogP contribution in [0.1, 0.15) is 54.1 Å². The lowest BCUT2D eigenvalue weighted by atomic mass is 9.93. The Morgan fingerprint density at radius 1 is 0.696 bits per heavy atom. The maximum Gasteiger partial charge on any atom is 0.336 e. The lowest BCUT2D eigenvalue weighted by molar-refractivity contribution is 0.0684. The summed E-state index contributed by atoms with van der Waals surface area (Å²) in [4.78, 5) is 22.5. The van der Waals surface area contributed by atoms with Gasteiger partial charge in [0, 0.05) is 0 Å². The summed E-state index contributed by atoms with van der Waals surface area (Å²) in [6.07, 6.45) is 0.642. The van der Waals surface area contributed by atoms with Gasteiger partial charge < -0.3 is 10.2 Å². The van der Waals surface area contributed by atoms with Gasteiger partial charge in [0.05, 0.1) is 11.1 Å². The summed E-state index contributed by atoms with van der Waals surface area (Å²) in [5.41, 5.74) is 5.70. The summed E-state index contributed by atoms with van der Waals surface area (Å²) in [5, 5.41) is 18.5. The van der Waals surface area contributed by atoms with Crippen molar-refractivity contribution in [3.63, 3.8) is 0 Å². The van der Waals surface area contributed by atoms with E-state index in [9.17, 15) is 19.8 Å². The molecule has 23 heavy (non-hydrogen) atoms. The smallest absolute Gasteiger partial charge is 0.336 e. The van der Waals surface area contributed by atoms with Crippen molar-refractivity contribution in [1.29, 1.82) is 0 Å². The number of carboxylic acid groups (broad SMARTS) is 2. The number of carbonyl (C=O) groups is 2. The van der Waals surface area contributed by atoms with Gasteiger partial charge in [-0.15, -0.1) is 0 Å². The van der Waals surface area contributed by atoms with Crippen molar-refractivity contribution in [1.82, 2.24) is 0 Å². The lowest BCUT2D eigenvalue weighted by Gasteiger charge is -2.12. The quantitative estimate of drug-likeness (QED) is 0.897. The average molecular weight is 312 g/mol. The molecule has 0 radical (unpaired) electrons. The van der Waals surface area contributed by atoms with Gasteiger partial charge in [-0.3, -0.25) is 0 Å². The van der Waals surface area contributed by atoms with Crippen LogP contribution in [0.15, 0.2) is 24.3 Å². The first-order chi connectivity index (χ1) is 10.7. The monoisotopic (exact) mass is 312 g/mol. The van der Waals surface area contributed by atoms with E-state index in [-0.39, 0.29) is 0 Å². The van der Waals surface area contributed by atoms with Crippen molar-refractivity contribution < 1.29 is 19.8 Å². The highest BCUT2D eigenvalue weighted by atomic mass is 16.4. The van der Waals surface area contributed by atoms with Gasteiger partial charge in [0.15, 0.2) is 0 Å². The third kappa shape index (κ3) is 3.42. The average Bonchev–Trinajstić information content (AvgIpc) is 2.35. The molecule has 120 valence electrons. The minimum absolute atomic E-state index is 0.349. The van der Waals surface area contributed by atoms with Gasteiger partial charge in [-0.1, -0.05) is 24.3 Å². The van der Waals surface area contributed by atoms with Crippen LogP contribution in [-0.2, 0) is 6.42 Å². The number of aryl methyl sites for hydroxylation is 4. The van der Waals surface area contributed by atoms with Crippen LogP contribution >= 0.6 is 0 Å². The van der Waals surface area contributed by atoms with Crippen molar-refractivity contribution >= 4 is 11.9 Å². The normalized spacial score (nSPS) is 10.6. The molecule has 0 aliphatic heterocycles. The number of benzene rings is 2. The molecule has 4 nitrogen and oxygen atoms in total. The molecule has 2 rings (SSSR count). The number of aromatic carboxylic acids is 2. The summed E-state index contributed by atoms with van der Waals surface area (Å²) < 4.78 is 0. The van der Waals surface area contributed by atoms with Gasteiger partial charge in [0.1, 0.15) is 0 Å². The van der Waals surface area contributed by atoms with E-state index >= 15 is 0 Å². The highest BCUT2D eigenvalue weighted by molar-refractivity contribution is 5.91. The minimum atomic E-state index is -0.913.